The second kappa shape index (κ2) is 7.71. The third kappa shape index (κ3) is 3.84. The van der Waals surface area contributed by atoms with Crippen LogP contribution in [0.15, 0.2) is 42.5 Å². The van der Waals surface area contributed by atoms with Crippen molar-refractivity contribution in [3.05, 3.63) is 63.9 Å². The summed E-state index contributed by atoms with van der Waals surface area (Å²) in [4.78, 5) is 12.6. The van der Waals surface area contributed by atoms with Crippen LogP contribution in [0.4, 0.5) is 5.69 Å². The van der Waals surface area contributed by atoms with E-state index in [4.69, 9.17) is 23.2 Å². The van der Waals surface area contributed by atoms with Crippen molar-refractivity contribution in [1.82, 2.24) is 14.8 Å². The molecule has 0 unspecified atom stereocenters. The Morgan fingerprint density at radius 3 is 2.78 bits per heavy atom. The number of anilines is 1. The number of amides is 1. The highest BCUT2D eigenvalue weighted by atomic mass is 35.5. The van der Waals surface area contributed by atoms with Crippen molar-refractivity contribution in [3.8, 4) is 11.4 Å². The normalized spacial score (nSPS) is 13.7. The monoisotopic (exact) mass is 400 g/mol. The van der Waals surface area contributed by atoms with E-state index in [1.54, 1.807) is 18.2 Å². The molecule has 1 aliphatic heterocycles. The van der Waals surface area contributed by atoms with Gasteiger partial charge in [0.1, 0.15) is 5.82 Å². The lowest BCUT2D eigenvalue weighted by Crippen LogP contribution is -2.12. The standard InChI is InChI=1S/C20H18Cl2N4O/c21-14-8-9-16(17(22)12-14)20(27)23-15-6-4-5-13(11-15)19-25-24-18-7-2-1-3-10-26(18)19/h4-6,8-9,11-12H,1-3,7,10H2,(H,23,27). The number of nitrogens with one attached hydrogen (secondary N) is 1. The zero-order valence-electron chi connectivity index (χ0n) is 14.6. The lowest BCUT2D eigenvalue weighted by atomic mass is 10.1. The summed E-state index contributed by atoms with van der Waals surface area (Å²) in [6.07, 6.45) is 4.44. The highest BCUT2D eigenvalue weighted by Crippen LogP contribution is 2.26. The molecule has 138 valence electrons. The summed E-state index contributed by atoms with van der Waals surface area (Å²) in [5.41, 5.74) is 1.98. The molecule has 1 N–H and O–H groups in total. The average Bonchev–Trinajstić information content (AvgIpc) is 2.90. The van der Waals surface area contributed by atoms with Crippen molar-refractivity contribution >= 4 is 34.8 Å². The van der Waals surface area contributed by atoms with Crippen molar-refractivity contribution in [2.45, 2.75) is 32.2 Å². The Morgan fingerprint density at radius 2 is 1.93 bits per heavy atom. The zero-order valence-corrected chi connectivity index (χ0v) is 16.1. The first kappa shape index (κ1) is 18.0. The van der Waals surface area contributed by atoms with Gasteiger partial charge in [-0.2, -0.15) is 0 Å². The number of halogens is 2. The summed E-state index contributed by atoms with van der Waals surface area (Å²) < 4.78 is 2.18. The van der Waals surface area contributed by atoms with Gasteiger partial charge < -0.3 is 9.88 Å². The molecule has 1 aliphatic rings. The molecule has 5 nitrogen and oxygen atoms in total. The molecule has 0 fully saturated rings. The van der Waals surface area contributed by atoms with Crippen LogP contribution in [0.2, 0.25) is 10.0 Å². The first-order valence-corrected chi connectivity index (χ1v) is 9.66. The van der Waals surface area contributed by atoms with Crippen molar-refractivity contribution < 1.29 is 4.79 Å². The second-order valence-electron chi connectivity index (χ2n) is 6.56. The van der Waals surface area contributed by atoms with E-state index in [0.717, 1.165) is 43.0 Å². The van der Waals surface area contributed by atoms with Gasteiger partial charge in [0.05, 0.1) is 10.6 Å². The zero-order chi connectivity index (χ0) is 18.8. The number of aryl methyl sites for hydroxylation is 1. The maximum atomic E-state index is 12.6. The van der Waals surface area contributed by atoms with Crippen LogP contribution in [-0.4, -0.2) is 20.7 Å². The number of benzene rings is 2. The maximum Gasteiger partial charge on any atom is 0.257 e. The van der Waals surface area contributed by atoms with Gasteiger partial charge in [-0.05, 0) is 43.2 Å². The number of nitrogens with zero attached hydrogens (tertiary/aromatic N) is 3. The molecule has 3 aromatic rings. The van der Waals surface area contributed by atoms with Gasteiger partial charge in [-0.3, -0.25) is 4.79 Å². The Kier molecular flexibility index (Phi) is 5.14. The summed E-state index contributed by atoms with van der Waals surface area (Å²) in [6.45, 7) is 0.925. The van der Waals surface area contributed by atoms with Crippen LogP contribution in [0.3, 0.4) is 0 Å². The van der Waals surface area contributed by atoms with E-state index < -0.39 is 0 Å². The molecule has 0 bridgehead atoms. The number of hydrogen-bond acceptors (Lipinski definition) is 3. The highest BCUT2D eigenvalue weighted by molar-refractivity contribution is 6.37. The smallest absolute Gasteiger partial charge is 0.257 e. The molecule has 0 saturated carbocycles. The van der Waals surface area contributed by atoms with Gasteiger partial charge in [0, 0.05) is 29.2 Å². The molecule has 1 aromatic heterocycles. The quantitative estimate of drug-likeness (QED) is 0.654. The largest absolute Gasteiger partial charge is 0.322 e. The van der Waals surface area contributed by atoms with Gasteiger partial charge in [0.25, 0.3) is 5.91 Å². The van der Waals surface area contributed by atoms with Gasteiger partial charge in [-0.1, -0.05) is 41.8 Å². The molecule has 0 aliphatic carbocycles. The number of hydrogen-bond donors (Lipinski definition) is 1. The molecule has 27 heavy (non-hydrogen) atoms. The van der Waals surface area contributed by atoms with Crippen molar-refractivity contribution in [3.63, 3.8) is 0 Å². The fraction of sp³-hybridized carbons (Fsp3) is 0.250. The first-order valence-electron chi connectivity index (χ1n) is 8.91. The third-order valence-corrected chi connectivity index (χ3v) is 5.21. The molecular formula is C20H18Cl2N4O. The van der Waals surface area contributed by atoms with E-state index in [1.807, 2.05) is 24.3 Å². The van der Waals surface area contributed by atoms with Crippen LogP contribution in [0, 0.1) is 0 Å². The number of rotatable bonds is 3. The second-order valence-corrected chi connectivity index (χ2v) is 7.40. The minimum Gasteiger partial charge on any atom is -0.322 e. The van der Waals surface area contributed by atoms with Gasteiger partial charge >= 0.3 is 0 Å². The van der Waals surface area contributed by atoms with Crippen LogP contribution in [0.25, 0.3) is 11.4 Å². The van der Waals surface area contributed by atoms with E-state index >= 15 is 0 Å². The van der Waals surface area contributed by atoms with Crippen LogP contribution < -0.4 is 5.32 Å². The summed E-state index contributed by atoms with van der Waals surface area (Å²) in [6, 6.07) is 12.4. The number of carbonyl (C=O) groups excluding carboxylic acids is 1. The number of fused-ring (bicyclic) bond motifs is 1. The van der Waals surface area contributed by atoms with E-state index in [9.17, 15) is 4.79 Å². The fourth-order valence-electron chi connectivity index (χ4n) is 3.31. The molecule has 0 saturated heterocycles. The lowest BCUT2D eigenvalue weighted by Gasteiger charge is -2.10. The van der Waals surface area contributed by atoms with Crippen molar-refractivity contribution in [1.29, 1.82) is 0 Å². The molecule has 2 heterocycles. The molecule has 0 atom stereocenters. The SMILES string of the molecule is O=C(Nc1cccc(-c2nnc3n2CCCCC3)c1)c1ccc(Cl)cc1Cl. The minimum absolute atomic E-state index is 0.283. The fourth-order valence-corrected chi connectivity index (χ4v) is 3.80. The Hall–Kier alpha value is -2.37. The Balaban J connectivity index is 1.60. The van der Waals surface area contributed by atoms with Crippen LogP contribution >= 0.6 is 23.2 Å². The lowest BCUT2D eigenvalue weighted by molar-refractivity contribution is 0.102. The molecular weight excluding hydrogens is 383 g/mol. The van der Waals surface area contributed by atoms with E-state index in [-0.39, 0.29) is 5.91 Å². The van der Waals surface area contributed by atoms with Gasteiger partial charge in [0.15, 0.2) is 5.82 Å². The predicted molar refractivity (Wildman–Crippen MR) is 107 cm³/mol. The first-order chi connectivity index (χ1) is 13.1. The highest BCUT2D eigenvalue weighted by Gasteiger charge is 2.17. The van der Waals surface area contributed by atoms with Crippen molar-refractivity contribution in [2.75, 3.05) is 5.32 Å². The van der Waals surface area contributed by atoms with Crippen LogP contribution in [0.1, 0.15) is 35.4 Å². The van der Waals surface area contributed by atoms with Gasteiger partial charge in [-0.25, -0.2) is 0 Å². The summed E-state index contributed by atoms with van der Waals surface area (Å²) >= 11 is 12.0. The average molecular weight is 401 g/mol. The Morgan fingerprint density at radius 1 is 1.04 bits per heavy atom. The molecule has 2 aromatic carbocycles. The van der Waals surface area contributed by atoms with Gasteiger partial charge in [0.2, 0.25) is 0 Å². The third-order valence-electron chi connectivity index (χ3n) is 4.66. The van der Waals surface area contributed by atoms with Crippen molar-refractivity contribution in [2.24, 2.45) is 0 Å². The molecule has 4 rings (SSSR count). The molecule has 0 radical (unpaired) electrons. The topological polar surface area (TPSA) is 59.8 Å². The Bertz CT molecular complexity index is 999. The number of carbonyl (C=O) groups is 1. The minimum atomic E-state index is -0.283. The predicted octanol–water partition coefficient (Wildman–Crippen LogP) is 5.23. The van der Waals surface area contributed by atoms with E-state index in [0.29, 0.717) is 21.3 Å². The summed E-state index contributed by atoms with van der Waals surface area (Å²) in [7, 11) is 0. The van der Waals surface area contributed by atoms with E-state index in [2.05, 4.69) is 20.1 Å². The Labute approximate surface area is 167 Å². The summed E-state index contributed by atoms with van der Waals surface area (Å²) in [5, 5.41) is 12.4. The van der Waals surface area contributed by atoms with Gasteiger partial charge in [-0.15, -0.1) is 10.2 Å². The molecule has 0 spiro atoms. The van der Waals surface area contributed by atoms with Crippen LogP contribution in [0.5, 0.6) is 0 Å². The van der Waals surface area contributed by atoms with E-state index in [1.165, 1.54) is 6.42 Å². The molecule has 1 amide bonds. The maximum absolute atomic E-state index is 12.6. The number of aromatic nitrogens is 3. The molecule has 7 heteroatoms. The summed E-state index contributed by atoms with van der Waals surface area (Å²) in [5.74, 6) is 1.59. The van der Waals surface area contributed by atoms with Crippen LogP contribution in [-0.2, 0) is 13.0 Å².